The Bertz CT molecular complexity index is 941. The molecule has 32 heavy (non-hydrogen) atoms. The highest BCUT2D eigenvalue weighted by molar-refractivity contribution is 6.09. The molecule has 0 amide bonds. The molecule has 1 aliphatic rings. The Morgan fingerprint density at radius 3 is 1.62 bits per heavy atom. The van der Waals surface area contributed by atoms with Crippen molar-refractivity contribution in [2.75, 3.05) is 51.2 Å². The van der Waals surface area contributed by atoms with Gasteiger partial charge in [-0.2, -0.15) is 0 Å². The molecule has 0 bridgehead atoms. The van der Waals surface area contributed by atoms with Crippen LogP contribution in [0.3, 0.4) is 0 Å². The normalized spacial score (nSPS) is 15.8. The van der Waals surface area contributed by atoms with Crippen LogP contribution in [0.25, 0.3) is 21.8 Å². The predicted octanol–water partition coefficient (Wildman–Crippen LogP) is 5.33. The number of anilines is 2. The quantitative estimate of drug-likeness (QED) is 0.316. The molecule has 0 radical (unpaired) electrons. The van der Waals surface area contributed by atoms with Crippen molar-refractivity contribution in [3.05, 3.63) is 36.4 Å². The van der Waals surface area contributed by atoms with Crippen molar-refractivity contribution in [1.29, 1.82) is 0 Å². The number of benzene rings is 2. The Balaban J connectivity index is 1.16. The van der Waals surface area contributed by atoms with Crippen LogP contribution in [0.15, 0.2) is 36.4 Å². The second-order valence-corrected chi connectivity index (χ2v) is 9.68. The van der Waals surface area contributed by atoms with E-state index in [-0.39, 0.29) is 0 Å². The fourth-order valence-electron chi connectivity index (χ4n) is 5.11. The summed E-state index contributed by atoms with van der Waals surface area (Å²) in [6.07, 6.45) is 10.7. The highest BCUT2D eigenvalue weighted by Crippen LogP contribution is 2.32. The zero-order chi connectivity index (χ0) is 22.3. The molecule has 2 heterocycles. The number of hydrogen-bond acceptors (Lipinski definition) is 4. The highest BCUT2D eigenvalue weighted by atomic mass is 15.2. The van der Waals surface area contributed by atoms with Crippen molar-refractivity contribution in [2.24, 2.45) is 0 Å². The zero-order valence-electron chi connectivity index (χ0n) is 19.9. The topological polar surface area (TPSA) is 63.5 Å². The summed E-state index contributed by atoms with van der Waals surface area (Å²) in [6, 6.07) is 12.5. The molecule has 4 N–H and O–H groups in total. The number of rotatable bonds is 11. The van der Waals surface area contributed by atoms with Crippen molar-refractivity contribution >= 4 is 33.2 Å². The first-order valence-electron chi connectivity index (χ1n) is 12.6. The molecule has 5 heteroatoms. The van der Waals surface area contributed by atoms with E-state index >= 15 is 0 Å². The monoisotopic (exact) mass is 435 g/mol. The molecular weight excluding hydrogens is 394 g/mol. The van der Waals surface area contributed by atoms with Gasteiger partial charge in [-0.1, -0.05) is 50.7 Å². The summed E-state index contributed by atoms with van der Waals surface area (Å²) in [4.78, 5) is 5.07. The molecule has 0 saturated carbocycles. The summed E-state index contributed by atoms with van der Waals surface area (Å²) in [5, 5.41) is 2.54. The fourth-order valence-corrected chi connectivity index (χ4v) is 5.11. The number of nitrogens with zero attached hydrogens (tertiary/aromatic N) is 3. The molecule has 1 aliphatic heterocycles. The molecule has 0 atom stereocenters. The van der Waals surface area contributed by atoms with Gasteiger partial charge in [0.25, 0.3) is 0 Å². The third kappa shape index (κ3) is 5.76. The lowest BCUT2D eigenvalue weighted by atomic mass is 10.1. The van der Waals surface area contributed by atoms with Crippen LogP contribution in [0.4, 0.5) is 11.4 Å². The number of aryl methyl sites for hydroxylation is 1. The molecule has 1 fully saturated rings. The van der Waals surface area contributed by atoms with Gasteiger partial charge in [-0.15, -0.1) is 0 Å². The first-order valence-corrected chi connectivity index (χ1v) is 12.6. The number of piperazine rings is 1. The molecule has 0 spiro atoms. The first kappa shape index (κ1) is 22.9. The van der Waals surface area contributed by atoms with E-state index in [1.54, 1.807) is 0 Å². The molecule has 5 nitrogen and oxygen atoms in total. The lowest BCUT2D eigenvalue weighted by molar-refractivity contribution is 0.152. The summed E-state index contributed by atoms with van der Waals surface area (Å²) in [5.41, 5.74) is 16.3. The van der Waals surface area contributed by atoms with Gasteiger partial charge in [0, 0.05) is 54.9 Å². The number of aromatic nitrogens is 1. The molecule has 3 aromatic rings. The Morgan fingerprint density at radius 2 is 1.09 bits per heavy atom. The van der Waals surface area contributed by atoms with Crippen LogP contribution in [0, 0.1) is 0 Å². The molecule has 174 valence electrons. The van der Waals surface area contributed by atoms with E-state index in [9.17, 15) is 0 Å². The van der Waals surface area contributed by atoms with E-state index in [0.29, 0.717) is 0 Å². The number of likely N-dealkylation sites (N-methyl/N-ethyl adjacent to an activating group) is 1. The maximum absolute atomic E-state index is 6.09. The van der Waals surface area contributed by atoms with Crippen molar-refractivity contribution in [2.45, 2.75) is 57.9 Å². The lowest BCUT2D eigenvalue weighted by Gasteiger charge is -2.32. The van der Waals surface area contributed by atoms with Crippen LogP contribution in [-0.4, -0.2) is 54.1 Å². The first-order chi connectivity index (χ1) is 15.6. The van der Waals surface area contributed by atoms with Crippen molar-refractivity contribution < 1.29 is 0 Å². The SMILES string of the molecule is CN1CCN(CCCCCCCCCCn2c3cc(N)ccc3c3ccc(N)cc32)CC1. The van der Waals surface area contributed by atoms with Crippen LogP contribution < -0.4 is 11.5 Å². The van der Waals surface area contributed by atoms with Crippen LogP contribution in [-0.2, 0) is 6.54 Å². The van der Waals surface area contributed by atoms with Crippen LogP contribution in [0.5, 0.6) is 0 Å². The molecule has 1 saturated heterocycles. The number of hydrogen-bond donors (Lipinski definition) is 2. The van der Waals surface area contributed by atoms with E-state index in [0.717, 1.165) is 17.9 Å². The molecule has 0 unspecified atom stereocenters. The predicted molar refractivity (Wildman–Crippen MR) is 139 cm³/mol. The second kappa shape index (κ2) is 11.1. The van der Waals surface area contributed by atoms with Crippen molar-refractivity contribution in [3.63, 3.8) is 0 Å². The maximum atomic E-state index is 6.09. The molecule has 1 aromatic heterocycles. The van der Waals surface area contributed by atoms with E-state index in [4.69, 9.17) is 11.5 Å². The van der Waals surface area contributed by atoms with Gasteiger partial charge in [0.05, 0.1) is 11.0 Å². The van der Waals surface area contributed by atoms with Crippen molar-refractivity contribution in [3.8, 4) is 0 Å². The Morgan fingerprint density at radius 1 is 0.625 bits per heavy atom. The third-order valence-electron chi connectivity index (χ3n) is 7.12. The van der Waals surface area contributed by atoms with Gasteiger partial charge in [0.15, 0.2) is 0 Å². The minimum Gasteiger partial charge on any atom is -0.399 e. The van der Waals surface area contributed by atoms with E-state index < -0.39 is 0 Å². The zero-order valence-corrected chi connectivity index (χ0v) is 19.9. The molecule has 2 aromatic carbocycles. The van der Waals surface area contributed by atoms with Crippen LogP contribution in [0.1, 0.15) is 51.4 Å². The standard InChI is InChI=1S/C27H41N5/c1-30-16-18-31(19-17-30)14-8-6-4-2-3-5-7-9-15-32-26-20-22(28)10-12-24(26)25-13-11-23(29)21-27(25)32/h10-13,20-21H,2-9,14-19,28-29H2,1H3. The smallest absolute Gasteiger partial charge is 0.0512 e. The third-order valence-corrected chi connectivity index (χ3v) is 7.12. The molecule has 0 aliphatic carbocycles. The lowest BCUT2D eigenvalue weighted by Crippen LogP contribution is -2.44. The van der Waals surface area contributed by atoms with Gasteiger partial charge in [0.1, 0.15) is 0 Å². The maximum Gasteiger partial charge on any atom is 0.0512 e. The Labute approximate surface area is 193 Å². The minimum atomic E-state index is 0.821. The minimum absolute atomic E-state index is 0.821. The summed E-state index contributed by atoms with van der Waals surface area (Å²) in [5.74, 6) is 0. The average Bonchev–Trinajstić information content (AvgIpc) is 3.08. The van der Waals surface area contributed by atoms with E-state index in [1.807, 2.05) is 12.1 Å². The van der Waals surface area contributed by atoms with Gasteiger partial charge < -0.3 is 25.8 Å². The molecule has 4 rings (SSSR count). The van der Waals surface area contributed by atoms with Gasteiger partial charge in [-0.3, -0.25) is 0 Å². The number of nitrogen functional groups attached to an aromatic ring is 2. The number of unbranched alkanes of at least 4 members (excludes halogenated alkanes) is 7. The summed E-state index contributed by atoms with van der Waals surface area (Å²) < 4.78 is 2.41. The number of fused-ring (bicyclic) bond motifs is 3. The summed E-state index contributed by atoms with van der Waals surface area (Å²) in [7, 11) is 2.23. The average molecular weight is 436 g/mol. The largest absolute Gasteiger partial charge is 0.399 e. The number of nitrogens with two attached hydrogens (primary N) is 2. The molecular formula is C27H41N5. The van der Waals surface area contributed by atoms with Gasteiger partial charge in [-0.05, 0) is 50.7 Å². The Kier molecular flexibility index (Phi) is 7.93. The van der Waals surface area contributed by atoms with Gasteiger partial charge >= 0.3 is 0 Å². The van der Waals surface area contributed by atoms with E-state index in [2.05, 4.69) is 45.7 Å². The van der Waals surface area contributed by atoms with Crippen molar-refractivity contribution in [1.82, 2.24) is 14.4 Å². The Hall–Kier alpha value is -2.24. The van der Waals surface area contributed by atoms with E-state index in [1.165, 1.54) is 106 Å². The van der Waals surface area contributed by atoms with Crippen LogP contribution >= 0.6 is 0 Å². The highest BCUT2D eigenvalue weighted by Gasteiger charge is 2.13. The van der Waals surface area contributed by atoms with Crippen LogP contribution in [0.2, 0.25) is 0 Å². The fraction of sp³-hybridized carbons (Fsp3) is 0.556. The summed E-state index contributed by atoms with van der Waals surface area (Å²) >= 11 is 0. The summed E-state index contributed by atoms with van der Waals surface area (Å²) in [6.45, 7) is 7.29. The van der Waals surface area contributed by atoms with Gasteiger partial charge in [-0.25, -0.2) is 0 Å². The van der Waals surface area contributed by atoms with Gasteiger partial charge in [0.2, 0.25) is 0 Å². The second-order valence-electron chi connectivity index (χ2n) is 9.68.